The van der Waals surface area contributed by atoms with E-state index in [0.717, 1.165) is 0 Å². The fraction of sp³-hybridized carbons (Fsp3) is 0.0714. The van der Waals surface area contributed by atoms with Crippen molar-refractivity contribution in [3.8, 4) is 5.69 Å². The summed E-state index contributed by atoms with van der Waals surface area (Å²) < 4.78 is 28.9. The first-order valence-corrected chi connectivity index (χ1v) is 8.34. The zero-order valence-corrected chi connectivity index (χ0v) is 13.4. The van der Waals surface area contributed by atoms with Gasteiger partial charge in [-0.2, -0.15) is 10.2 Å². The molecule has 1 amide bonds. The third kappa shape index (κ3) is 2.86. The summed E-state index contributed by atoms with van der Waals surface area (Å²) in [5.41, 5.74) is 6.45. The minimum absolute atomic E-state index is 0.0515. The first kappa shape index (κ1) is 15.7. The van der Waals surface area contributed by atoms with E-state index in [4.69, 9.17) is 5.73 Å². The van der Waals surface area contributed by atoms with Gasteiger partial charge in [0.25, 0.3) is 15.9 Å². The Labute approximate surface area is 137 Å². The van der Waals surface area contributed by atoms with E-state index in [9.17, 15) is 13.2 Å². The average molecular weight is 346 g/mol. The zero-order chi connectivity index (χ0) is 17.3. The molecule has 0 aliphatic rings. The molecular formula is C14H14N6O3S. The Hall–Kier alpha value is -3.14. The largest absolute Gasteiger partial charge is 0.364 e. The molecule has 0 spiro atoms. The fourth-order valence-electron chi connectivity index (χ4n) is 2.16. The molecule has 3 aromatic rings. The van der Waals surface area contributed by atoms with Crippen LogP contribution in [0.15, 0.2) is 47.6 Å². The normalized spacial score (nSPS) is 11.4. The van der Waals surface area contributed by atoms with Crippen molar-refractivity contribution in [1.82, 2.24) is 20.0 Å². The number of hydrogen-bond donors (Lipinski definition) is 3. The van der Waals surface area contributed by atoms with Crippen molar-refractivity contribution in [2.24, 2.45) is 5.73 Å². The van der Waals surface area contributed by atoms with Crippen molar-refractivity contribution in [2.45, 2.75) is 11.8 Å². The van der Waals surface area contributed by atoms with Crippen LogP contribution in [-0.2, 0) is 10.0 Å². The summed E-state index contributed by atoms with van der Waals surface area (Å²) in [5, 5.41) is 10.3. The van der Waals surface area contributed by atoms with E-state index in [-0.39, 0.29) is 10.6 Å². The van der Waals surface area contributed by atoms with Crippen molar-refractivity contribution >= 4 is 21.6 Å². The van der Waals surface area contributed by atoms with Gasteiger partial charge in [-0.15, -0.1) is 0 Å². The molecule has 24 heavy (non-hydrogen) atoms. The number of primary amides is 1. The second-order valence-electron chi connectivity index (χ2n) is 4.99. The lowest BCUT2D eigenvalue weighted by Gasteiger charge is -2.12. The lowest BCUT2D eigenvalue weighted by atomic mass is 10.3. The second-order valence-corrected chi connectivity index (χ2v) is 6.64. The lowest BCUT2D eigenvalue weighted by Crippen LogP contribution is -2.16. The van der Waals surface area contributed by atoms with Gasteiger partial charge in [0.15, 0.2) is 0 Å². The Morgan fingerprint density at radius 2 is 2.04 bits per heavy atom. The number of aromatic amines is 1. The van der Waals surface area contributed by atoms with Gasteiger partial charge in [-0.3, -0.25) is 14.6 Å². The minimum atomic E-state index is -3.82. The quantitative estimate of drug-likeness (QED) is 0.628. The predicted octanol–water partition coefficient (Wildman–Crippen LogP) is 0.804. The lowest BCUT2D eigenvalue weighted by molar-refractivity contribution is 0.0995. The van der Waals surface area contributed by atoms with E-state index in [1.54, 1.807) is 31.2 Å². The van der Waals surface area contributed by atoms with Crippen LogP contribution in [0.1, 0.15) is 16.2 Å². The van der Waals surface area contributed by atoms with E-state index in [0.29, 0.717) is 17.1 Å². The van der Waals surface area contributed by atoms with Crippen molar-refractivity contribution in [3.05, 3.63) is 54.1 Å². The molecule has 3 rings (SSSR count). The van der Waals surface area contributed by atoms with E-state index in [2.05, 4.69) is 20.0 Å². The third-order valence-electron chi connectivity index (χ3n) is 3.31. The number of amides is 1. The number of nitrogens with two attached hydrogens (primary N) is 1. The Bertz CT molecular complexity index is 1000. The summed E-state index contributed by atoms with van der Waals surface area (Å²) in [7, 11) is -3.82. The molecule has 0 atom stereocenters. The monoisotopic (exact) mass is 346 g/mol. The van der Waals surface area contributed by atoms with Crippen molar-refractivity contribution < 1.29 is 13.2 Å². The van der Waals surface area contributed by atoms with Crippen LogP contribution in [0.2, 0.25) is 0 Å². The highest BCUT2D eigenvalue weighted by Gasteiger charge is 2.20. The average Bonchev–Trinajstić information content (AvgIpc) is 3.16. The van der Waals surface area contributed by atoms with Crippen LogP contribution in [-0.4, -0.2) is 34.3 Å². The number of aromatic nitrogens is 4. The number of hydrogen-bond acceptors (Lipinski definition) is 5. The molecule has 10 heteroatoms. The first-order chi connectivity index (χ1) is 11.4. The van der Waals surface area contributed by atoms with Gasteiger partial charge in [0.05, 0.1) is 23.3 Å². The highest BCUT2D eigenvalue weighted by Crippen LogP contribution is 2.23. The highest BCUT2D eigenvalue weighted by molar-refractivity contribution is 7.92. The summed E-state index contributed by atoms with van der Waals surface area (Å²) in [6, 6.07) is 8.11. The molecule has 0 saturated heterocycles. The summed E-state index contributed by atoms with van der Waals surface area (Å²) in [6.07, 6.45) is 2.76. The number of carbonyl (C=O) groups excluding carboxylic acids is 1. The number of sulfonamides is 1. The first-order valence-electron chi connectivity index (χ1n) is 6.86. The van der Waals surface area contributed by atoms with Crippen LogP contribution in [0.4, 0.5) is 5.69 Å². The van der Waals surface area contributed by atoms with Gasteiger partial charge in [-0.05, 0) is 25.1 Å². The number of aryl methyl sites for hydroxylation is 1. The summed E-state index contributed by atoms with van der Waals surface area (Å²) in [6.45, 7) is 1.61. The molecule has 0 radical (unpaired) electrons. The topological polar surface area (TPSA) is 136 Å². The van der Waals surface area contributed by atoms with Crippen LogP contribution < -0.4 is 10.5 Å². The molecule has 2 aromatic heterocycles. The summed E-state index contributed by atoms with van der Waals surface area (Å²) in [5.74, 6) is -0.666. The molecule has 9 nitrogen and oxygen atoms in total. The van der Waals surface area contributed by atoms with E-state index >= 15 is 0 Å². The van der Waals surface area contributed by atoms with Crippen LogP contribution in [0.5, 0.6) is 0 Å². The number of H-pyrrole nitrogens is 1. The Kier molecular flexibility index (Phi) is 3.81. The number of para-hydroxylation sites is 2. The minimum Gasteiger partial charge on any atom is -0.364 e. The molecular weight excluding hydrogens is 332 g/mol. The molecule has 124 valence electrons. The maximum absolute atomic E-state index is 12.5. The molecule has 0 bridgehead atoms. The molecule has 0 unspecified atom stereocenters. The fourth-order valence-corrected chi connectivity index (χ4v) is 3.37. The van der Waals surface area contributed by atoms with Crippen molar-refractivity contribution in [3.63, 3.8) is 0 Å². The van der Waals surface area contributed by atoms with Crippen molar-refractivity contribution in [2.75, 3.05) is 4.72 Å². The molecule has 0 fully saturated rings. The molecule has 0 saturated carbocycles. The maximum Gasteiger partial charge on any atom is 0.269 e. The van der Waals surface area contributed by atoms with Gasteiger partial charge in [-0.1, -0.05) is 12.1 Å². The third-order valence-corrected chi connectivity index (χ3v) is 4.79. The number of nitrogens with one attached hydrogen (secondary N) is 2. The van der Waals surface area contributed by atoms with Crippen LogP contribution >= 0.6 is 0 Å². The van der Waals surface area contributed by atoms with Crippen molar-refractivity contribution in [1.29, 1.82) is 0 Å². The van der Waals surface area contributed by atoms with Crippen LogP contribution in [0.25, 0.3) is 5.69 Å². The SMILES string of the molecule is Cc1[nH]ncc1S(=O)(=O)Nc1ccccc1-n1ccc(C(N)=O)n1. The standard InChI is InChI=1S/C14H14N6O3S/c1-9-13(8-16-17-9)24(22,23)19-10-4-2-3-5-12(10)20-7-6-11(18-20)14(15)21/h2-8,19H,1H3,(H2,15,21)(H,16,17). The predicted molar refractivity (Wildman–Crippen MR) is 86.2 cm³/mol. The summed E-state index contributed by atoms with van der Waals surface area (Å²) >= 11 is 0. The number of benzene rings is 1. The number of anilines is 1. The molecule has 0 aliphatic carbocycles. The van der Waals surface area contributed by atoms with Gasteiger partial charge in [0, 0.05) is 6.20 Å². The van der Waals surface area contributed by atoms with Crippen LogP contribution in [0.3, 0.4) is 0 Å². The Morgan fingerprint density at radius 1 is 1.29 bits per heavy atom. The molecule has 0 aliphatic heterocycles. The number of carbonyl (C=O) groups is 1. The van der Waals surface area contributed by atoms with E-state index < -0.39 is 15.9 Å². The zero-order valence-electron chi connectivity index (χ0n) is 12.6. The van der Waals surface area contributed by atoms with Gasteiger partial charge in [-0.25, -0.2) is 13.1 Å². The molecule has 1 aromatic carbocycles. The van der Waals surface area contributed by atoms with Crippen LogP contribution in [0, 0.1) is 6.92 Å². The molecule has 2 heterocycles. The molecule has 4 N–H and O–H groups in total. The smallest absolute Gasteiger partial charge is 0.269 e. The highest BCUT2D eigenvalue weighted by atomic mass is 32.2. The Morgan fingerprint density at radius 3 is 2.67 bits per heavy atom. The second kappa shape index (κ2) is 5.81. The van der Waals surface area contributed by atoms with Gasteiger partial charge in [0.1, 0.15) is 10.6 Å². The number of nitrogens with zero attached hydrogens (tertiary/aromatic N) is 3. The van der Waals surface area contributed by atoms with Gasteiger partial charge >= 0.3 is 0 Å². The van der Waals surface area contributed by atoms with Gasteiger partial charge < -0.3 is 5.73 Å². The maximum atomic E-state index is 12.5. The summed E-state index contributed by atoms with van der Waals surface area (Å²) in [4.78, 5) is 11.2. The number of rotatable bonds is 5. The van der Waals surface area contributed by atoms with E-state index in [1.807, 2.05) is 0 Å². The van der Waals surface area contributed by atoms with E-state index in [1.165, 1.54) is 23.1 Å². The Balaban J connectivity index is 2.01. The van der Waals surface area contributed by atoms with Gasteiger partial charge in [0.2, 0.25) is 0 Å².